The van der Waals surface area contributed by atoms with Crippen LogP contribution in [0.25, 0.3) is 0 Å². The Morgan fingerprint density at radius 2 is 2.00 bits per heavy atom. The lowest BCUT2D eigenvalue weighted by atomic mass is 10.0. The number of halogens is 1. The van der Waals surface area contributed by atoms with E-state index in [1.165, 1.54) is 5.38 Å². The second kappa shape index (κ2) is 14.1. The fraction of sp³-hybridized carbons (Fsp3) is 0.455. The Hall–Kier alpha value is -3.77. The summed E-state index contributed by atoms with van der Waals surface area (Å²) < 4.78 is 26.1. The van der Waals surface area contributed by atoms with Gasteiger partial charge in [-0.25, -0.2) is 14.6 Å². The van der Waals surface area contributed by atoms with Crippen LogP contribution < -0.4 is 10.6 Å². The first-order valence-electron chi connectivity index (χ1n) is 12.0. The van der Waals surface area contributed by atoms with Crippen molar-refractivity contribution in [3.63, 3.8) is 0 Å². The van der Waals surface area contributed by atoms with E-state index in [2.05, 4.69) is 30.1 Å². The number of fused-ring (bicyclic) bond motifs is 1. The molecule has 16 nitrogen and oxygen atoms in total. The highest BCUT2D eigenvalue weighted by molar-refractivity contribution is 7.86. The third-order valence-electron chi connectivity index (χ3n) is 5.51. The number of alkyl halides is 1. The van der Waals surface area contributed by atoms with Crippen LogP contribution in [-0.2, 0) is 53.7 Å². The molecule has 1 aromatic rings. The highest BCUT2D eigenvalue weighted by Crippen LogP contribution is 2.34. The fourth-order valence-corrected chi connectivity index (χ4v) is 6.40. The van der Waals surface area contributed by atoms with Crippen molar-refractivity contribution in [2.45, 2.75) is 50.3 Å². The van der Waals surface area contributed by atoms with E-state index in [-0.39, 0.29) is 28.2 Å². The third-order valence-corrected chi connectivity index (χ3v) is 8.25. The summed E-state index contributed by atoms with van der Waals surface area (Å²) in [6.07, 6.45) is -3.10. The second-order valence-electron chi connectivity index (χ2n) is 9.64. The zero-order chi connectivity index (χ0) is 32.1. The molecule has 0 bridgehead atoms. The number of amides is 3. The molecule has 4 atom stereocenters. The van der Waals surface area contributed by atoms with Crippen LogP contribution in [0.4, 0.5) is 9.93 Å². The van der Waals surface area contributed by atoms with E-state index in [9.17, 15) is 33.0 Å². The van der Waals surface area contributed by atoms with Gasteiger partial charge in [-0.2, -0.15) is 0 Å². The molecule has 1 unspecified atom stereocenters. The molecule has 1 saturated heterocycles. The summed E-state index contributed by atoms with van der Waals surface area (Å²) in [5.74, 6) is -4.50. The number of aromatic nitrogens is 1. The number of carbonyl (C=O) groups excluding carboxylic acids is 6. The van der Waals surface area contributed by atoms with E-state index >= 15 is 0 Å². The topological polar surface area (TPSA) is 209 Å². The van der Waals surface area contributed by atoms with Crippen LogP contribution in [0.5, 0.6) is 0 Å². The fourth-order valence-electron chi connectivity index (χ4n) is 3.67. The standard InChI is InChI=1S/C22H22B2ClN5O11S2/c1-22(2,3)38-21(36)28-20-26-10(7-42-20)14(29-41-12(19(35)40-24)4-13(32)39-23)16(33)27-15-17(34)30-11(6-31)9(5-25)8-43(37)18(15)30/h6-7,12,15,18H,4-5,8H2,1-3H3,(H,27,33)(H,26,28,36)/b29-14-/t12-,15+,18+,43?/m0/s1. The molecule has 3 rings (SSSR count). The Morgan fingerprint density at radius 1 is 1.30 bits per heavy atom. The van der Waals surface area contributed by atoms with Gasteiger partial charge < -0.3 is 24.2 Å². The minimum Gasteiger partial charge on any atom is -0.543 e. The molecule has 4 radical (unpaired) electrons. The van der Waals surface area contributed by atoms with Crippen LogP contribution in [0, 0.1) is 0 Å². The van der Waals surface area contributed by atoms with Crippen LogP contribution in [0.15, 0.2) is 21.8 Å². The second-order valence-corrected chi connectivity index (χ2v) is 12.3. The molecule has 1 aromatic heterocycles. The molecule has 2 aliphatic heterocycles. The molecule has 0 aromatic carbocycles. The summed E-state index contributed by atoms with van der Waals surface area (Å²) in [5.41, 5.74) is -1.43. The van der Waals surface area contributed by atoms with E-state index in [1.807, 2.05) is 0 Å². The maximum Gasteiger partial charge on any atom is 0.413 e. The van der Waals surface area contributed by atoms with Crippen molar-refractivity contribution in [3.05, 3.63) is 22.3 Å². The van der Waals surface area contributed by atoms with Crippen LogP contribution in [0.2, 0.25) is 0 Å². The van der Waals surface area contributed by atoms with Gasteiger partial charge in [0.2, 0.25) is 6.10 Å². The Labute approximate surface area is 258 Å². The molecule has 0 saturated carbocycles. The molecule has 21 heteroatoms. The molecular formula is C22H22B2ClN5O11S2. The number of anilines is 1. The van der Waals surface area contributed by atoms with Crippen molar-refractivity contribution in [1.82, 2.24) is 15.2 Å². The van der Waals surface area contributed by atoms with Crippen LogP contribution in [0.3, 0.4) is 0 Å². The van der Waals surface area contributed by atoms with Gasteiger partial charge in [0.15, 0.2) is 17.1 Å². The SMILES string of the molecule is [B]OC(=O)C[C@H](O/N=C(\C(=O)N[C@@H]1C(=O)N2C(C=O)=C(CCl)CS(=O)[C@H]12)c1csc(NC(=O)OC(C)(C)C)n1)C(=O)O[B]. The summed E-state index contributed by atoms with van der Waals surface area (Å²) in [5, 5.41) is 8.52. The number of allylic oxidation sites excluding steroid dienone is 1. The number of rotatable bonds is 11. The summed E-state index contributed by atoms with van der Waals surface area (Å²) in [6.45, 7) is 4.92. The van der Waals surface area contributed by atoms with E-state index in [4.69, 9.17) is 37.3 Å². The molecule has 0 spiro atoms. The molecule has 226 valence electrons. The Bertz CT molecular complexity index is 1410. The molecule has 1 fully saturated rings. The Morgan fingerprint density at radius 3 is 2.58 bits per heavy atom. The number of β-lactam (4-membered cyclic amide) rings is 1. The predicted octanol–water partition coefficient (Wildman–Crippen LogP) is -0.670. The number of carbonyl (C=O) groups is 6. The lowest BCUT2D eigenvalue weighted by Gasteiger charge is -2.48. The molecular weight excluding hydrogens is 631 g/mol. The summed E-state index contributed by atoms with van der Waals surface area (Å²) in [6, 6.07) is -1.36. The number of hydrogen-bond acceptors (Lipinski definition) is 14. The zero-order valence-electron chi connectivity index (χ0n) is 22.7. The van der Waals surface area contributed by atoms with E-state index in [0.29, 0.717) is 11.9 Å². The minimum absolute atomic E-state index is 0.0389. The predicted molar refractivity (Wildman–Crippen MR) is 151 cm³/mol. The van der Waals surface area contributed by atoms with Gasteiger partial charge in [0.05, 0.1) is 28.7 Å². The number of hydrogen-bond donors (Lipinski definition) is 2. The normalized spacial score (nSPS) is 20.7. The van der Waals surface area contributed by atoms with Crippen LogP contribution in [-0.4, -0.2) is 107 Å². The molecule has 3 amide bonds. The van der Waals surface area contributed by atoms with Crippen molar-refractivity contribution in [1.29, 1.82) is 0 Å². The molecule has 3 heterocycles. The van der Waals surface area contributed by atoms with Gasteiger partial charge in [-0.3, -0.25) is 33.6 Å². The van der Waals surface area contributed by atoms with Gasteiger partial charge in [0.25, 0.3) is 17.8 Å². The van der Waals surface area contributed by atoms with Gasteiger partial charge in [0, 0.05) is 11.3 Å². The first-order chi connectivity index (χ1) is 20.2. The van der Waals surface area contributed by atoms with Crippen molar-refractivity contribution in [2.24, 2.45) is 5.16 Å². The lowest BCUT2D eigenvalue weighted by Crippen LogP contribution is -2.73. The van der Waals surface area contributed by atoms with E-state index in [1.54, 1.807) is 20.8 Å². The summed E-state index contributed by atoms with van der Waals surface area (Å²) in [7, 11) is 7.93. The maximum absolute atomic E-state index is 13.4. The first kappa shape index (κ1) is 33.7. The number of oxime groups is 1. The van der Waals surface area contributed by atoms with Gasteiger partial charge in [-0.15, -0.1) is 22.9 Å². The quantitative estimate of drug-likeness (QED) is 0.0761. The van der Waals surface area contributed by atoms with Crippen molar-refractivity contribution < 1.29 is 51.9 Å². The smallest absolute Gasteiger partial charge is 0.413 e. The maximum atomic E-state index is 13.4. The van der Waals surface area contributed by atoms with Gasteiger partial charge in [-0.05, 0) is 26.3 Å². The number of nitrogens with one attached hydrogen (secondary N) is 2. The summed E-state index contributed by atoms with van der Waals surface area (Å²) >= 11 is 6.68. The molecule has 43 heavy (non-hydrogen) atoms. The molecule has 0 aliphatic carbocycles. The van der Waals surface area contributed by atoms with Crippen molar-refractivity contribution in [2.75, 3.05) is 16.9 Å². The highest BCUT2D eigenvalue weighted by atomic mass is 35.5. The summed E-state index contributed by atoms with van der Waals surface area (Å²) in [4.78, 5) is 83.8. The zero-order valence-corrected chi connectivity index (χ0v) is 25.1. The number of ether oxygens (including phenoxy) is 1. The van der Waals surface area contributed by atoms with Crippen LogP contribution in [0.1, 0.15) is 32.9 Å². The average molecular weight is 654 g/mol. The average Bonchev–Trinajstić information content (AvgIpc) is 3.40. The molecule has 2 N–H and O–H groups in total. The highest BCUT2D eigenvalue weighted by Gasteiger charge is 2.56. The minimum atomic E-state index is -1.83. The van der Waals surface area contributed by atoms with E-state index < -0.39 is 75.9 Å². The number of nitrogens with zero attached hydrogens (tertiary/aromatic N) is 3. The largest absolute Gasteiger partial charge is 0.543 e. The van der Waals surface area contributed by atoms with E-state index in [0.717, 1.165) is 16.2 Å². The van der Waals surface area contributed by atoms with Crippen molar-refractivity contribution >= 4 is 96.8 Å². The van der Waals surface area contributed by atoms with Crippen molar-refractivity contribution in [3.8, 4) is 0 Å². The van der Waals surface area contributed by atoms with Crippen LogP contribution >= 0.6 is 22.9 Å². The number of aldehydes is 1. The number of thiazole rings is 1. The van der Waals surface area contributed by atoms with Gasteiger partial charge >= 0.3 is 28.2 Å². The van der Waals surface area contributed by atoms with Gasteiger partial charge in [0.1, 0.15) is 22.7 Å². The molecule has 2 aliphatic rings. The first-order valence-corrected chi connectivity index (χ1v) is 14.8. The van der Waals surface area contributed by atoms with Gasteiger partial charge in [-0.1, -0.05) is 5.16 Å². The monoisotopic (exact) mass is 653 g/mol. The Balaban J connectivity index is 1.91. The Kier molecular flexibility index (Phi) is 11.1. The third kappa shape index (κ3) is 7.99. The lowest BCUT2D eigenvalue weighted by molar-refractivity contribution is -0.153.